The van der Waals surface area contributed by atoms with Gasteiger partial charge in [-0.25, -0.2) is 0 Å². The number of carboxylic acids is 1. The summed E-state index contributed by atoms with van der Waals surface area (Å²) >= 11 is 0. The Morgan fingerprint density at radius 3 is 2.56 bits per heavy atom. The second-order valence-corrected chi connectivity index (χ2v) is 3.61. The molecule has 0 amide bonds. The minimum atomic E-state index is -0.814. The molecule has 1 aromatic rings. The van der Waals surface area contributed by atoms with Crippen molar-refractivity contribution in [2.75, 3.05) is 14.2 Å². The van der Waals surface area contributed by atoms with Gasteiger partial charge >= 0.3 is 5.97 Å². The normalized spacial score (nSPS) is 11.9. The van der Waals surface area contributed by atoms with Crippen molar-refractivity contribution in [2.45, 2.75) is 19.3 Å². The Bertz CT molecular complexity index is 373. The first-order chi connectivity index (χ1) is 7.58. The summed E-state index contributed by atoms with van der Waals surface area (Å²) in [5, 5.41) is 8.74. The van der Waals surface area contributed by atoms with Gasteiger partial charge < -0.3 is 14.6 Å². The van der Waals surface area contributed by atoms with Gasteiger partial charge in [0.1, 0.15) is 11.5 Å². The van der Waals surface area contributed by atoms with Crippen LogP contribution in [0.4, 0.5) is 0 Å². The largest absolute Gasteiger partial charge is 0.497 e. The summed E-state index contributed by atoms with van der Waals surface area (Å²) in [5.74, 6) is 0.458. The third kappa shape index (κ3) is 2.89. The van der Waals surface area contributed by atoms with Gasteiger partial charge in [0.15, 0.2) is 0 Å². The van der Waals surface area contributed by atoms with Crippen LogP contribution >= 0.6 is 0 Å². The smallest absolute Gasteiger partial charge is 0.303 e. The standard InChI is InChI=1S/C12H16O4/c1-8(6-12(13)14)10-5-4-9(15-2)7-11(10)16-3/h4-5,7-8H,6H2,1-3H3,(H,13,14). The van der Waals surface area contributed by atoms with Crippen LogP contribution in [-0.4, -0.2) is 25.3 Å². The lowest BCUT2D eigenvalue weighted by atomic mass is 9.97. The van der Waals surface area contributed by atoms with Gasteiger partial charge in [-0.3, -0.25) is 4.79 Å². The summed E-state index contributed by atoms with van der Waals surface area (Å²) in [5.41, 5.74) is 0.880. The van der Waals surface area contributed by atoms with E-state index in [-0.39, 0.29) is 12.3 Å². The molecule has 88 valence electrons. The van der Waals surface area contributed by atoms with Crippen LogP contribution in [0.1, 0.15) is 24.8 Å². The Kier molecular flexibility index (Phi) is 4.17. The molecule has 0 aliphatic carbocycles. The molecular weight excluding hydrogens is 208 g/mol. The molecule has 0 spiro atoms. The van der Waals surface area contributed by atoms with Gasteiger partial charge in [0.25, 0.3) is 0 Å². The van der Waals surface area contributed by atoms with E-state index < -0.39 is 5.97 Å². The van der Waals surface area contributed by atoms with Gasteiger partial charge in [0, 0.05) is 6.07 Å². The number of hydrogen-bond donors (Lipinski definition) is 1. The molecule has 16 heavy (non-hydrogen) atoms. The number of hydrogen-bond acceptors (Lipinski definition) is 3. The van der Waals surface area contributed by atoms with Crippen LogP contribution in [-0.2, 0) is 4.79 Å². The first-order valence-electron chi connectivity index (χ1n) is 5.02. The summed E-state index contributed by atoms with van der Waals surface area (Å²) in [6, 6.07) is 5.40. The summed E-state index contributed by atoms with van der Waals surface area (Å²) in [4.78, 5) is 10.6. The second kappa shape index (κ2) is 5.39. The molecule has 1 rings (SSSR count). The number of methoxy groups -OCH3 is 2. The maximum absolute atomic E-state index is 10.6. The highest BCUT2D eigenvalue weighted by Gasteiger charge is 2.15. The van der Waals surface area contributed by atoms with Crippen molar-refractivity contribution in [3.05, 3.63) is 23.8 Å². The molecule has 0 saturated carbocycles. The summed E-state index contributed by atoms with van der Waals surface area (Å²) in [6.45, 7) is 1.86. The number of aliphatic carboxylic acids is 1. The number of ether oxygens (including phenoxy) is 2. The molecule has 1 aromatic carbocycles. The summed E-state index contributed by atoms with van der Waals surface area (Å²) in [7, 11) is 3.14. The monoisotopic (exact) mass is 224 g/mol. The minimum Gasteiger partial charge on any atom is -0.497 e. The Labute approximate surface area is 94.8 Å². The molecule has 1 atom stereocenters. The molecule has 0 bridgehead atoms. The number of carboxylic acid groups (broad SMARTS) is 1. The van der Waals surface area contributed by atoms with Crippen molar-refractivity contribution in [3.8, 4) is 11.5 Å². The van der Waals surface area contributed by atoms with E-state index in [1.807, 2.05) is 13.0 Å². The van der Waals surface area contributed by atoms with Crippen molar-refractivity contribution >= 4 is 5.97 Å². The van der Waals surface area contributed by atoms with Crippen molar-refractivity contribution in [2.24, 2.45) is 0 Å². The maximum atomic E-state index is 10.6. The van der Waals surface area contributed by atoms with E-state index in [1.54, 1.807) is 26.4 Å². The Balaban J connectivity index is 2.98. The molecule has 4 heteroatoms. The second-order valence-electron chi connectivity index (χ2n) is 3.61. The molecule has 1 N–H and O–H groups in total. The SMILES string of the molecule is COc1ccc(C(C)CC(=O)O)c(OC)c1. The van der Waals surface area contributed by atoms with Gasteiger partial charge in [0.05, 0.1) is 20.6 Å². The molecule has 0 aliphatic heterocycles. The fraction of sp³-hybridized carbons (Fsp3) is 0.417. The quantitative estimate of drug-likeness (QED) is 0.833. The van der Waals surface area contributed by atoms with E-state index in [1.165, 1.54) is 0 Å². The minimum absolute atomic E-state index is 0.0849. The van der Waals surface area contributed by atoms with Crippen molar-refractivity contribution in [1.82, 2.24) is 0 Å². The fourth-order valence-corrected chi connectivity index (χ4v) is 1.60. The number of benzene rings is 1. The molecule has 0 aromatic heterocycles. The van der Waals surface area contributed by atoms with Crippen LogP contribution in [0.3, 0.4) is 0 Å². The lowest BCUT2D eigenvalue weighted by Gasteiger charge is -2.14. The average molecular weight is 224 g/mol. The van der Waals surface area contributed by atoms with Gasteiger partial charge in [-0.15, -0.1) is 0 Å². The summed E-state index contributed by atoms with van der Waals surface area (Å²) in [6.07, 6.45) is 0.0860. The molecule has 0 fully saturated rings. The topological polar surface area (TPSA) is 55.8 Å². The summed E-state index contributed by atoms with van der Waals surface area (Å²) < 4.78 is 10.3. The van der Waals surface area contributed by atoms with Gasteiger partial charge in [0.2, 0.25) is 0 Å². The molecule has 0 aliphatic rings. The van der Waals surface area contributed by atoms with Gasteiger partial charge in [-0.1, -0.05) is 13.0 Å². The van der Waals surface area contributed by atoms with E-state index >= 15 is 0 Å². The van der Waals surface area contributed by atoms with E-state index in [0.29, 0.717) is 11.5 Å². The van der Waals surface area contributed by atoms with Gasteiger partial charge in [-0.2, -0.15) is 0 Å². The Hall–Kier alpha value is -1.71. The highest BCUT2D eigenvalue weighted by atomic mass is 16.5. The highest BCUT2D eigenvalue weighted by Crippen LogP contribution is 2.31. The van der Waals surface area contributed by atoms with Crippen LogP contribution in [0.25, 0.3) is 0 Å². The fourth-order valence-electron chi connectivity index (χ4n) is 1.60. The number of carbonyl (C=O) groups is 1. The van der Waals surface area contributed by atoms with Crippen LogP contribution in [0.15, 0.2) is 18.2 Å². The Morgan fingerprint density at radius 1 is 1.38 bits per heavy atom. The molecule has 4 nitrogen and oxygen atoms in total. The third-order valence-electron chi connectivity index (χ3n) is 2.45. The third-order valence-corrected chi connectivity index (χ3v) is 2.45. The molecular formula is C12H16O4. The zero-order chi connectivity index (χ0) is 12.1. The molecule has 0 radical (unpaired) electrons. The van der Waals surface area contributed by atoms with E-state index in [9.17, 15) is 4.79 Å². The van der Waals surface area contributed by atoms with Crippen LogP contribution in [0.5, 0.6) is 11.5 Å². The van der Waals surface area contributed by atoms with E-state index in [2.05, 4.69) is 0 Å². The highest BCUT2D eigenvalue weighted by molar-refractivity contribution is 5.68. The molecule has 0 heterocycles. The first-order valence-corrected chi connectivity index (χ1v) is 5.02. The van der Waals surface area contributed by atoms with Crippen molar-refractivity contribution < 1.29 is 19.4 Å². The van der Waals surface area contributed by atoms with Crippen LogP contribution in [0.2, 0.25) is 0 Å². The lowest BCUT2D eigenvalue weighted by Crippen LogP contribution is -2.04. The van der Waals surface area contributed by atoms with Crippen LogP contribution in [0, 0.1) is 0 Å². The Morgan fingerprint density at radius 2 is 2.06 bits per heavy atom. The van der Waals surface area contributed by atoms with Gasteiger partial charge in [-0.05, 0) is 17.5 Å². The number of rotatable bonds is 5. The molecule has 0 saturated heterocycles. The zero-order valence-electron chi connectivity index (χ0n) is 9.69. The van der Waals surface area contributed by atoms with Crippen molar-refractivity contribution in [3.63, 3.8) is 0 Å². The predicted octanol–water partition coefficient (Wildman–Crippen LogP) is 2.28. The average Bonchev–Trinajstić information content (AvgIpc) is 2.27. The lowest BCUT2D eigenvalue weighted by molar-refractivity contribution is -0.137. The first kappa shape index (κ1) is 12.4. The van der Waals surface area contributed by atoms with Crippen LogP contribution < -0.4 is 9.47 Å². The van der Waals surface area contributed by atoms with E-state index in [0.717, 1.165) is 5.56 Å². The zero-order valence-corrected chi connectivity index (χ0v) is 9.69. The molecule has 1 unspecified atom stereocenters. The van der Waals surface area contributed by atoms with E-state index in [4.69, 9.17) is 14.6 Å². The maximum Gasteiger partial charge on any atom is 0.303 e. The van der Waals surface area contributed by atoms with Crippen molar-refractivity contribution in [1.29, 1.82) is 0 Å². The predicted molar refractivity (Wildman–Crippen MR) is 60.2 cm³/mol.